The van der Waals surface area contributed by atoms with Gasteiger partial charge >= 0.3 is 6.18 Å². The second-order valence-corrected chi connectivity index (χ2v) is 10.1. The van der Waals surface area contributed by atoms with Crippen molar-refractivity contribution in [1.82, 2.24) is 4.98 Å². The molecule has 5 rings (SSSR count). The van der Waals surface area contributed by atoms with Crippen LogP contribution < -0.4 is 9.88 Å². The van der Waals surface area contributed by atoms with E-state index in [1.165, 1.54) is 43.5 Å². The SMILES string of the molecule is COc1cc(F)c(-c2ccc(S(N)(=O)=O)cc2)cc1-c1cccc(-c2nc3cc(C(F)(F)F)c(F)cc3o2)c1. The van der Waals surface area contributed by atoms with E-state index in [1.54, 1.807) is 24.3 Å². The molecular formula is C27H17F5N2O4S. The lowest BCUT2D eigenvalue weighted by atomic mass is 9.96. The molecule has 200 valence electrons. The van der Waals surface area contributed by atoms with Crippen LogP contribution in [0.1, 0.15) is 5.56 Å². The minimum Gasteiger partial charge on any atom is -0.496 e. The van der Waals surface area contributed by atoms with Gasteiger partial charge in [-0.1, -0.05) is 24.3 Å². The van der Waals surface area contributed by atoms with Crippen molar-refractivity contribution in [3.05, 3.63) is 90.0 Å². The van der Waals surface area contributed by atoms with Crippen molar-refractivity contribution in [3.8, 4) is 39.5 Å². The summed E-state index contributed by atoms with van der Waals surface area (Å²) in [7, 11) is -2.57. The Kier molecular flexibility index (Phi) is 6.39. The van der Waals surface area contributed by atoms with Gasteiger partial charge in [-0.2, -0.15) is 13.2 Å². The predicted molar refractivity (Wildman–Crippen MR) is 133 cm³/mol. The van der Waals surface area contributed by atoms with Gasteiger partial charge in [-0.25, -0.2) is 27.3 Å². The highest BCUT2D eigenvalue weighted by Gasteiger charge is 2.35. The Balaban J connectivity index is 1.59. The smallest absolute Gasteiger partial charge is 0.419 e. The molecule has 1 aromatic heterocycles. The summed E-state index contributed by atoms with van der Waals surface area (Å²) in [5, 5.41) is 5.13. The Hall–Kier alpha value is -4.29. The van der Waals surface area contributed by atoms with Gasteiger partial charge in [0.1, 0.15) is 22.9 Å². The van der Waals surface area contributed by atoms with Gasteiger partial charge in [0.25, 0.3) is 0 Å². The zero-order chi connectivity index (χ0) is 28.1. The van der Waals surface area contributed by atoms with Crippen molar-refractivity contribution in [2.45, 2.75) is 11.1 Å². The molecule has 12 heteroatoms. The predicted octanol–water partition coefficient (Wildman–Crippen LogP) is 6.78. The molecule has 2 N–H and O–H groups in total. The summed E-state index contributed by atoms with van der Waals surface area (Å²) in [6.07, 6.45) is -4.90. The van der Waals surface area contributed by atoms with Crippen LogP contribution in [0.3, 0.4) is 0 Å². The molecular weight excluding hydrogens is 543 g/mol. The number of halogens is 5. The first kappa shape index (κ1) is 26.3. The molecule has 0 saturated heterocycles. The van der Waals surface area contributed by atoms with Crippen LogP contribution in [-0.2, 0) is 16.2 Å². The van der Waals surface area contributed by atoms with E-state index in [9.17, 15) is 26.0 Å². The maximum atomic E-state index is 15.0. The van der Waals surface area contributed by atoms with Gasteiger partial charge in [-0.3, -0.25) is 0 Å². The Labute approximate surface area is 218 Å². The van der Waals surface area contributed by atoms with Gasteiger partial charge in [0.2, 0.25) is 15.9 Å². The molecule has 0 atom stereocenters. The number of alkyl halides is 3. The number of oxazole rings is 1. The van der Waals surface area contributed by atoms with Crippen molar-refractivity contribution in [1.29, 1.82) is 0 Å². The van der Waals surface area contributed by atoms with E-state index < -0.39 is 33.4 Å². The van der Waals surface area contributed by atoms with Crippen LogP contribution in [0, 0.1) is 11.6 Å². The van der Waals surface area contributed by atoms with Crippen LogP contribution in [-0.4, -0.2) is 20.5 Å². The number of hydrogen-bond acceptors (Lipinski definition) is 5. The Morgan fingerprint density at radius 3 is 2.18 bits per heavy atom. The molecule has 39 heavy (non-hydrogen) atoms. The monoisotopic (exact) mass is 560 g/mol. The minimum absolute atomic E-state index is 0.0505. The second kappa shape index (κ2) is 9.47. The van der Waals surface area contributed by atoms with Crippen LogP contribution in [0.25, 0.3) is 44.8 Å². The number of aromatic nitrogens is 1. The number of primary sulfonamides is 1. The standard InChI is InChI=1S/C27H17F5N2O4S/c1-37-24-12-21(28)18(14-5-7-17(8-6-14)39(33,35)36)10-19(24)15-3-2-4-16(9-15)26-34-23-11-20(27(30,31)32)22(29)13-25(23)38-26/h2-13H,1H3,(H2,33,35,36). The van der Waals surface area contributed by atoms with Gasteiger partial charge in [-0.15, -0.1) is 0 Å². The highest BCUT2D eigenvalue weighted by molar-refractivity contribution is 7.89. The van der Waals surface area contributed by atoms with Gasteiger partial charge in [0.15, 0.2) is 5.58 Å². The van der Waals surface area contributed by atoms with Crippen LogP contribution >= 0.6 is 0 Å². The van der Waals surface area contributed by atoms with Crippen molar-refractivity contribution >= 4 is 21.1 Å². The molecule has 0 saturated carbocycles. The number of hydrogen-bond donors (Lipinski definition) is 1. The summed E-state index contributed by atoms with van der Waals surface area (Å²) in [4.78, 5) is 3.97. The quantitative estimate of drug-likeness (QED) is 0.239. The molecule has 1 heterocycles. The highest BCUT2D eigenvalue weighted by Crippen LogP contribution is 2.39. The van der Waals surface area contributed by atoms with Crippen LogP contribution in [0.2, 0.25) is 0 Å². The molecule has 0 fully saturated rings. The van der Waals surface area contributed by atoms with Gasteiger partial charge in [0, 0.05) is 28.8 Å². The topological polar surface area (TPSA) is 95.4 Å². The fourth-order valence-corrected chi connectivity index (χ4v) is 4.62. The average Bonchev–Trinajstić information content (AvgIpc) is 3.30. The largest absolute Gasteiger partial charge is 0.496 e. The summed E-state index contributed by atoms with van der Waals surface area (Å²) >= 11 is 0. The lowest BCUT2D eigenvalue weighted by Gasteiger charge is -2.13. The summed E-state index contributed by atoms with van der Waals surface area (Å²) < 4.78 is 102. The Morgan fingerprint density at radius 1 is 0.846 bits per heavy atom. The number of rotatable bonds is 5. The number of benzene rings is 4. The molecule has 4 aromatic carbocycles. The van der Waals surface area contributed by atoms with Crippen LogP contribution in [0.5, 0.6) is 5.75 Å². The van der Waals surface area contributed by atoms with Gasteiger partial charge in [-0.05, 0) is 47.5 Å². The molecule has 0 aliphatic carbocycles. The first-order chi connectivity index (χ1) is 18.3. The number of nitrogens with two attached hydrogens (primary N) is 1. The molecule has 0 aliphatic rings. The van der Waals surface area contributed by atoms with Gasteiger partial charge in [0.05, 0.1) is 17.6 Å². The van der Waals surface area contributed by atoms with E-state index >= 15 is 4.39 Å². The second-order valence-electron chi connectivity index (χ2n) is 8.50. The molecule has 5 aromatic rings. The number of fused-ring (bicyclic) bond motifs is 1. The summed E-state index contributed by atoms with van der Waals surface area (Å²) in [5.74, 6) is -1.97. The van der Waals surface area contributed by atoms with E-state index in [-0.39, 0.29) is 33.2 Å². The first-order valence-electron chi connectivity index (χ1n) is 11.1. The Morgan fingerprint density at radius 2 is 1.54 bits per heavy atom. The normalized spacial score (nSPS) is 12.2. The number of sulfonamides is 1. The first-order valence-corrected chi connectivity index (χ1v) is 12.7. The summed E-state index contributed by atoms with van der Waals surface area (Å²) in [6, 6.07) is 15.8. The Bertz CT molecular complexity index is 1830. The van der Waals surface area contributed by atoms with Crippen LogP contribution in [0.15, 0.2) is 82.1 Å². The highest BCUT2D eigenvalue weighted by atomic mass is 32.2. The minimum atomic E-state index is -4.90. The molecule has 0 spiro atoms. The zero-order valence-corrected chi connectivity index (χ0v) is 20.7. The third-order valence-electron chi connectivity index (χ3n) is 5.99. The molecule has 0 unspecified atom stereocenters. The van der Waals surface area contributed by atoms with E-state index in [2.05, 4.69) is 4.98 Å². The fraction of sp³-hybridized carbons (Fsp3) is 0.0741. The lowest BCUT2D eigenvalue weighted by molar-refractivity contribution is -0.139. The average molecular weight is 561 g/mol. The lowest BCUT2D eigenvalue weighted by Crippen LogP contribution is -2.11. The van der Waals surface area contributed by atoms with Crippen molar-refractivity contribution in [3.63, 3.8) is 0 Å². The molecule has 0 aliphatic heterocycles. The maximum absolute atomic E-state index is 15.0. The zero-order valence-electron chi connectivity index (χ0n) is 19.9. The van der Waals surface area contributed by atoms with Crippen LogP contribution in [0.4, 0.5) is 22.0 Å². The molecule has 0 amide bonds. The molecule has 6 nitrogen and oxygen atoms in total. The molecule has 0 radical (unpaired) electrons. The number of nitrogens with zero attached hydrogens (tertiary/aromatic N) is 1. The fourth-order valence-electron chi connectivity index (χ4n) is 4.10. The summed E-state index contributed by atoms with van der Waals surface area (Å²) in [5.41, 5.74) is 0.0751. The summed E-state index contributed by atoms with van der Waals surface area (Å²) in [6.45, 7) is 0. The van der Waals surface area contributed by atoms with Crippen molar-refractivity contribution in [2.24, 2.45) is 5.14 Å². The van der Waals surface area contributed by atoms with E-state index in [0.717, 1.165) is 0 Å². The van der Waals surface area contributed by atoms with E-state index in [4.69, 9.17) is 14.3 Å². The van der Waals surface area contributed by atoms with E-state index in [1.807, 2.05) is 0 Å². The van der Waals surface area contributed by atoms with Crippen molar-refractivity contribution < 1.29 is 39.5 Å². The molecule has 0 bridgehead atoms. The third kappa shape index (κ3) is 5.08. The van der Waals surface area contributed by atoms with E-state index in [0.29, 0.717) is 34.4 Å². The van der Waals surface area contributed by atoms with Gasteiger partial charge < -0.3 is 9.15 Å². The maximum Gasteiger partial charge on any atom is 0.419 e. The van der Waals surface area contributed by atoms with Crippen molar-refractivity contribution in [2.75, 3.05) is 7.11 Å². The third-order valence-corrected chi connectivity index (χ3v) is 6.92. The number of methoxy groups -OCH3 is 1. The number of ether oxygens (including phenoxy) is 1.